The molecule has 0 amide bonds. The molecule has 0 saturated heterocycles. The molecule has 2 aromatic heterocycles. The lowest BCUT2D eigenvalue weighted by atomic mass is 9.93. The summed E-state index contributed by atoms with van der Waals surface area (Å²) in [4.78, 5) is 8.54. The van der Waals surface area contributed by atoms with Crippen LogP contribution in [-0.4, -0.2) is 33.9 Å². The number of aromatic nitrogens is 2. The maximum Gasteiger partial charge on any atom is 0.413 e. The van der Waals surface area contributed by atoms with E-state index < -0.39 is 24.0 Å². The molecular formula is C22H22ClF3N4O2. The van der Waals surface area contributed by atoms with E-state index in [4.69, 9.17) is 22.1 Å². The molecule has 4 N–H and O–H groups in total. The van der Waals surface area contributed by atoms with E-state index in [1.807, 2.05) is 6.07 Å². The van der Waals surface area contributed by atoms with Crippen LogP contribution in [0.2, 0.25) is 0 Å². The predicted molar refractivity (Wildman–Crippen MR) is 115 cm³/mol. The van der Waals surface area contributed by atoms with Gasteiger partial charge < -0.3 is 20.9 Å². The molecule has 2 unspecified atom stereocenters. The van der Waals surface area contributed by atoms with Gasteiger partial charge in [-0.2, -0.15) is 13.2 Å². The minimum atomic E-state index is -4.48. The molecule has 2 atom stereocenters. The highest BCUT2D eigenvalue weighted by atomic mass is 35.5. The molecule has 1 aliphatic carbocycles. The number of fused-ring (bicyclic) bond motifs is 1. The van der Waals surface area contributed by atoms with Crippen LogP contribution in [-0.2, 0) is 6.54 Å². The number of nitrogens with two attached hydrogens (primary N) is 1. The summed E-state index contributed by atoms with van der Waals surface area (Å²) in [6.45, 7) is 2.50. The fourth-order valence-corrected chi connectivity index (χ4v) is 4.10. The highest BCUT2D eigenvalue weighted by Gasteiger charge is 2.38. The summed E-state index contributed by atoms with van der Waals surface area (Å²) in [5, 5.41) is 13.7. The molecule has 2 aromatic rings. The molecule has 0 bridgehead atoms. The fourth-order valence-electron chi connectivity index (χ4n) is 3.89. The second-order valence-electron chi connectivity index (χ2n) is 7.80. The zero-order valence-electron chi connectivity index (χ0n) is 17.2. The van der Waals surface area contributed by atoms with Gasteiger partial charge in [-0.25, -0.2) is 4.98 Å². The lowest BCUT2D eigenvalue weighted by molar-refractivity contribution is -0.0955. The van der Waals surface area contributed by atoms with Crippen molar-refractivity contribution in [3.8, 4) is 16.9 Å². The summed E-state index contributed by atoms with van der Waals surface area (Å²) in [6, 6.07) is 3.43. The molecular weight excluding hydrogens is 445 g/mol. The normalized spacial score (nSPS) is 19.9. The van der Waals surface area contributed by atoms with Gasteiger partial charge in [0, 0.05) is 58.4 Å². The van der Waals surface area contributed by atoms with Crippen LogP contribution in [0.1, 0.15) is 37.1 Å². The SMILES string of the molecule is CC(Oc1cc(-c2cnc3c(c2)C(O)CNC3)cnc1N)C1=C(C(F)(F)F)CCC(Cl)=C1. The maximum atomic E-state index is 13.5. The third-order valence-electron chi connectivity index (χ3n) is 5.57. The van der Waals surface area contributed by atoms with E-state index >= 15 is 0 Å². The zero-order chi connectivity index (χ0) is 23.0. The molecule has 4 rings (SSSR count). The number of ether oxygens (including phenoxy) is 1. The average molecular weight is 467 g/mol. The molecule has 3 heterocycles. The molecule has 0 spiro atoms. The van der Waals surface area contributed by atoms with Crippen molar-refractivity contribution >= 4 is 17.4 Å². The Labute approximate surface area is 188 Å². The van der Waals surface area contributed by atoms with Gasteiger partial charge in [0.1, 0.15) is 6.10 Å². The molecule has 2 aliphatic rings. The van der Waals surface area contributed by atoms with Crippen LogP contribution < -0.4 is 15.8 Å². The number of nitrogens with zero attached hydrogens (tertiary/aromatic N) is 2. The topological polar surface area (TPSA) is 93.3 Å². The number of aliphatic hydroxyl groups is 1. The zero-order valence-corrected chi connectivity index (χ0v) is 18.0. The smallest absolute Gasteiger partial charge is 0.413 e. The predicted octanol–water partition coefficient (Wildman–Crippen LogP) is 4.41. The van der Waals surface area contributed by atoms with Crippen LogP contribution in [0.3, 0.4) is 0 Å². The summed E-state index contributed by atoms with van der Waals surface area (Å²) in [5.74, 6) is 0.204. The second kappa shape index (κ2) is 8.73. The van der Waals surface area contributed by atoms with E-state index in [0.29, 0.717) is 29.2 Å². The third-order valence-corrected chi connectivity index (χ3v) is 5.86. The molecule has 0 fully saturated rings. The number of hydrogen-bond acceptors (Lipinski definition) is 6. The van der Waals surface area contributed by atoms with Crippen molar-refractivity contribution in [1.82, 2.24) is 15.3 Å². The molecule has 0 saturated carbocycles. The number of nitrogen functional groups attached to an aromatic ring is 1. The first kappa shape index (κ1) is 22.6. The Hall–Kier alpha value is -2.62. The van der Waals surface area contributed by atoms with Crippen LogP contribution in [0.25, 0.3) is 11.1 Å². The second-order valence-corrected chi connectivity index (χ2v) is 8.28. The molecule has 170 valence electrons. The van der Waals surface area contributed by atoms with Crippen LogP contribution in [0, 0.1) is 0 Å². The Morgan fingerprint density at radius 3 is 2.69 bits per heavy atom. The minimum absolute atomic E-state index is 0.0235. The lowest BCUT2D eigenvalue weighted by Crippen LogP contribution is -2.28. The minimum Gasteiger partial charge on any atom is -0.482 e. The van der Waals surface area contributed by atoms with Crippen molar-refractivity contribution in [2.24, 2.45) is 0 Å². The molecule has 0 aromatic carbocycles. The summed E-state index contributed by atoms with van der Waals surface area (Å²) in [7, 11) is 0. The number of pyridine rings is 2. The van der Waals surface area contributed by atoms with Crippen molar-refractivity contribution in [1.29, 1.82) is 0 Å². The van der Waals surface area contributed by atoms with E-state index in [1.165, 1.54) is 19.2 Å². The average Bonchev–Trinajstić information content (AvgIpc) is 2.74. The van der Waals surface area contributed by atoms with Crippen LogP contribution in [0.15, 0.2) is 46.8 Å². The lowest BCUT2D eigenvalue weighted by Gasteiger charge is -2.25. The first-order valence-corrected chi connectivity index (χ1v) is 10.5. The van der Waals surface area contributed by atoms with Crippen molar-refractivity contribution in [2.75, 3.05) is 12.3 Å². The Balaban J connectivity index is 1.65. The number of aliphatic hydroxyl groups excluding tert-OH is 1. The number of β-amino-alcohol motifs (C(OH)–C–C–N with tert-alkyl or cyclic N) is 1. The van der Waals surface area contributed by atoms with E-state index in [2.05, 4.69) is 15.3 Å². The largest absolute Gasteiger partial charge is 0.482 e. The van der Waals surface area contributed by atoms with Gasteiger partial charge in [0.05, 0.1) is 11.8 Å². The van der Waals surface area contributed by atoms with Crippen LogP contribution in [0.4, 0.5) is 19.0 Å². The number of allylic oxidation sites excluding steroid dienone is 2. The highest BCUT2D eigenvalue weighted by molar-refractivity contribution is 6.29. The third kappa shape index (κ3) is 4.60. The first-order chi connectivity index (χ1) is 15.1. The molecule has 32 heavy (non-hydrogen) atoms. The Kier molecular flexibility index (Phi) is 6.15. The number of nitrogens with one attached hydrogen (secondary N) is 1. The Morgan fingerprint density at radius 1 is 1.22 bits per heavy atom. The summed E-state index contributed by atoms with van der Waals surface area (Å²) in [6.07, 6.45) is -1.68. The van der Waals surface area contributed by atoms with Gasteiger partial charge in [-0.3, -0.25) is 4.98 Å². The van der Waals surface area contributed by atoms with Crippen LogP contribution in [0.5, 0.6) is 5.75 Å². The Bertz CT molecular complexity index is 1100. The van der Waals surface area contributed by atoms with Crippen molar-refractivity contribution < 1.29 is 23.0 Å². The molecule has 1 aliphatic heterocycles. The number of alkyl halides is 3. The number of rotatable bonds is 4. The van der Waals surface area contributed by atoms with E-state index in [-0.39, 0.29) is 30.0 Å². The summed E-state index contributed by atoms with van der Waals surface area (Å²) < 4.78 is 46.3. The van der Waals surface area contributed by atoms with Crippen molar-refractivity contribution in [3.05, 3.63) is 58.0 Å². The number of halogens is 4. The van der Waals surface area contributed by atoms with E-state index in [1.54, 1.807) is 12.3 Å². The van der Waals surface area contributed by atoms with Gasteiger partial charge in [-0.05, 0) is 38.0 Å². The molecule has 0 radical (unpaired) electrons. The van der Waals surface area contributed by atoms with Gasteiger partial charge >= 0.3 is 6.18 Å². The maximum absolute atomic E-state index is 13.5. The highest BCUT2D eigenvalue weighted by Crippen LogP contribution is 2.40. The van der Waals surface area contributed by atoms with Crippen molar-refractivity contribution in [2.45, 2.75) is 44.7 Å². The fraction of sp³-hybridized carbons (Fsp3) is 0.364. The van der Waals surface area contributed by atoms with Gasteiger partial charge in [-0.15, -0.1) is 0 Å². The molecule has 10 heteroatoms. The molecule has 6 nitrogen and oxygen atoms in total. The van der Waals surface area contributed by atoms with Crippen molar-refractivity contribution in [3.63, 3.8) is 0 Å². The van der Waals surface area contributed by atoms with Gasteiger partial charge in [0.2, 0.25) is 0 Å². The van der Waals surface area contributed by atoms with Gasteiger partial charge in [0.25, 0.3) is 0 Å². The number of anilines is 1. The van der Waals surface area contributed by atoms with Gasteiger partial charge in [-0.1, -0.05) is 11.6 Å². The Morgan fingerprint density at radius 2 is 1.94 bits per heavy atom. The summed E-state index contributed by atoms with van der Waals surface area (Å²) in [5.41, 5.74) is 8.05. The first-order valence-electron chi connectivity index (χ1n) is 10.1. The quantitative estimate of drug-likeness (QED) is 0.618. The summed E-state index contributed by atoms with van der Waals surface area (Å²) >= 11 is 6.02. The standard InChI is InChI=1S/C22H22ClF3N4O2/c1-11(15-6-14(23)2-3-17(15)22(24,25)26)32-20-5-13(8-30-21(20)27)12-4-16-18(29-7-12)9-28-10-19(16)31/h4-8,11,19,28,31H,2-3,9-10H2,1H3,(H2,27,30). The van der Waals surface area contributed by atoms with Crippen LogP contribution >= 0.6 is 11.6 Å². The monoisotopic (exact) mass is 466 g/mol. The van der Waals surface area contributed by atoms with E-state index in [9.17, 15) is 18.3 Å². The number of hydrogen-bond donors (Lipinski definition) is 3. The van der Waals surface area contributed by atoms with Gasteiger partial charge in [0.15, 0.2) is 11.6 Å². The van der Waals surface area contributed by atoms with E-state index in [0.717, 1.165) is 11.3 Å².